The van der Waals surface area contributed by atoms with Crippen LogP contribution in [0.2, 0.25) is 0 Å². The Bertz CT molecular complexity index is 1060. The lowest BCUT2D eigenvalue weighted by Crippen LogP contribution is -2.24. The van der Waals surface area contributed by atoms with Crippen molar-refractivity contribution in [1.82, 2.24) is 4.57 Å². The Balaban J connectivity index is 1.65. The highest BCUT2D eigenvalue weighted by Crippen LogP contribution is 2.33. The first-order valence-electron chi connectivity index (χ1n) is 9.43. The zero-order chi connectivity index (χ0) is 20.4. The first kappa shape index (κ1) is 18.9. The van der Waals surface area contributed by atoms with Crippen molar-refractivity contribution < 1.29 is 14.5 Å². The van der Waals surface area contributed by atoms with Crippen LogP contribution in [0.4, 0.5) is 11.4 Å². The van der Waals surface area contributed by atoms with Crippen molar-refractivity contribution in [2.75, 3.05) is 12.4 Å². The number of hydrogen-bond donors (Lipinski definition) is 1. The van der Waals surface area contributed by atoms with Crippen LogP contribution in [0.15, 0.2) is 60.7 Å². The molecule has 2 aromatic carbocycles. The highest BCUT2D eigenvalue weighted by molar-refractivity contribution is 6.05. The molecule has 7 heteroatoms. The number of methoxy groups -OCH3 is 1. The van der Waals surface area contributed by atoms with Crippen LogP contribution >= 0.6 is 0 Å². The summed E-state index contributed by atoms with van der Waals surface area (Å²) in [4.78, 5) is 23.6. The number of nitrogens with one attached hydrogen (secondary N) is 1. The van der Waals surface area contributed by atoms with Gasteiger partial charge in [0.05, 0.1) is 11.0 Å². The molecule has 0 fully saturated rings. The Morgan fingerprint density at radius 1 is 1.17 bits per heavy atom. The SMILES string of the molecule is COC1CCn2c(ccc2-c2ccc(NC(=O)c3ccccc3)c([N+](=O)[O-])c2)C1. The molecule has 1 unspecified atom stereocenters. The van der Waals surface area contributed by atoms with Gasteiger partial charge in [-0.15, -0.1) is 0 Å². The lowest BCUT2D eigenvalue weighted by molar-refractivity contribution is -0.383. The minimum Gasteiger partial charge on any atom is -0.381 e. The fourth-order valence-electron chi connectivity index (χ4n) is 3.75. The van der Waals surface area contributed by atoms with Crippen LogP contribution < -0.4 is 5.32 Å². The maximum atomic E-state index is 12.4. The molecule has 29 heavy (non-hydrogen) atoms. The molecule has 1 atom stereocenters. The Labute approximate surface area is 168 Å². The van der Waals surface area contributed by atoms with Gasteiger partial charge in [-0.1, -0.05) is 24.3 Å². The number of nitro groups is 1. The normalized spacial score (nSPS) is 15.6. The van der Waals surface area contributed by atoms with Crippen LogP contribution in [-0.2, 0) is 17.7 Å². The van der Waals surface area contributed by atoms with Gasteiger partial charge in [0.25, 0.3) is 11.6 Å². The molecule has 0 spiro atoms. The Morgan fingerprint density at radius 2 is 1.97 bits per heavy atom. The number of nitro benzene ring substituents is 1. The molecular formula is C22H21N3O4. The van der Waals surface area contributed by atoms with Crippen LogP contribution in [0.25, 0.3) is 11.3 Å². The average Bonchev–Trinajstić information content (AvgIpc) is 3.17. The topological polar surface area (TPSA) is 86.4 Å². The summed E-state index contributed by atoms with van der Waals surface area (Å²) in [5.41, 5.74) is 3.32. The molecule has 0 saturated heterocycles. The number of rotatable bonds is 5. The maximum Gasteiger partial charge on any atom is 0.293 e. The molecule has 0 bridgehead atoms. The summed E-state index contributed by atoms with van der Waals surface area (Å²) in [6.07, 6.45) is 1.93. The number of carbonyl (C=O) groups excluding carboxylic acids is 1. The van der Waals surface area contributed by atoms with E-state index in [9.17, 15) is 14.9 Å². The Kier molecular flexibility index (Phi) is 5.14. The van der Waals surface area contributed by atoms with Gasteiger partial charge in [-0.3, -0.25) is 14.9 Å². The second-order valence-electron chi connectivity index (χ2n) is 7.02. The molecule has 1 aliphatic rings. The van der Waals surface area contributed by atoms with Gasteiger partial charge >= 0.3 is 0 Å². The first-order valence-corrected chi connectivity index (χ1v) is 9.43. The lowest BCUT2D eigenvalue weighted by atomic mass is 10.1. The predicted octanol–water partition coefficient (Wildman–Crippen LogP) is 4.28. The van der Waals surface area contributed by atoms with Crippen LogP contribution in [0, 0.1) is 10.1 Å². The van der Waals surface area contributed by atoms with Gasteiger partial charge in [0.1, 0.15) is 5.69 Å². The van der Waals surface area contributed by atoms with E-state index in [2.05, 4.69) is 9.88 Å². The number of fused-ring (bicyclic) bond motifs is 1. The van der Waals surface area contributed by atoms with Gasteiger partial charge in [-0.25, -0.2) is 0 Å². The highest BCUT2D eigenvalue weighted by atomic mass is 16.6. The largest absolute Gasteiger partial charge is 0.381 e. The quantitative estimate of drug-likeness (QED) is 0.520. The molecule has 1 aromatic heterocycles. The Morgan fingerprint density at radius 3 is 2.69 bits per heavy atom. The van der Waals surface area contributed by atoms with Crippen LogP contribution in [0.1, 0.15) is 22.5 Å². The van der Waals surface area contributed by atoms with Gasteiger partial charge in [0.15, 0.2) is 0 Å². The maximum absolute atomic E-state index is 12.4. The first-order chi connectivity index (χ1) is 14.1. The molecule has 1 N–H and O–H groups in total. The van der Waals surface area contributed by atoms with E-state index in [1.807, 2.05) is 12.1 Å². The van der Waals surface area contributed by atoms with E-state index in [-0.39, 0.29) is 23.4 Å². The van der Waals surface area contributed by atoms with E-state index in [4.69, 9.17) is 4.74 Å². The van der Waals surface area contributed by atoms with Gasteiger partial charge in [-0.05, 0) is 36.8 Å². The molecule has 0 aliphatic carbocycles. The molecule has 0 radical (unpaired) electrons. The molecule has 0 saturated carbocycles. The van der Waals surface area contributed by atoms with E-state index in [1.165, 1.54) is 6.07 Å². The number of benzene rings is 2. The molecule has 148 valence electrons. The van der Waals surface area contributed by atoms with E-state index in [0.717, 1.165) is 36.3 Å². The number of nitrogens with zero attached hydrogens (tertiary/aromatic N) is 2. The number of hydrogen-bond acceptors (Lipinski definition) is 4. The number of anilines is 1. The summed E-state index contributed by atoms with van der Waals surface area (Å²) in [5.74, 6) is -0.382. The summed E-state index contributed by atoms with van der Waals surface area (Å²) in [7, 11) is 1.72. The van der Waals surface area contributed by atoms with Crippen molar-refractivity contribution in [3.05, 3.63) is 82.0 Å². The van der Waals surface area contributed by atoms with E-state index >= 15 is 0 Å². The summed E-state index contributed by atoms with van der Waals surface area (Å²) in [5, 5.41) is 14.3. The zero-order valence-electron chi connectivity index (χ0n) is 16.0. The molecule has 2 heterocycles. The fourth-order valence-corrected chi connectivity index (χ4v) is 3.75. The summed E-state index contributed by atoms with van der Waals surface area (Å²) in [6.45, 7) is 0.802. The zero-order valence-corrected chi connectivity index (χ0v) is 16.0. The number of amides is 1. The van der Waals surface area contributed by atoms with Crippen LogP contribution in [-0.4, -0.2) is 28.6 Å². The van der Waals surface area contributed by atoms with Gasteiger partial charge in [0, 0.05) is 48.7 Å². The Hall–Kier alpha value is -3.45. The third-order valence-electron chi connectivity index (χ3n) is 5.29. The van der Waals surface area contributed by atoms with Gasteiger partial charge in [-0.2, -0.15) is 0 Å². The number of carbonyl (C=O) groups is 1. The molecule has 1 aliphatic heterocycles. The summed E-state index contributed by atoms with van der Waals surface area (Å²) < 4.78 is 7.64. The number of aromatic nitrogens is 1. The highest BCUT2D eigenvalue weighted by Gasteiger charge is 2.23. The molecular weight excluding hydrogens is 370 g/mol. The van der Waals surface area contributed by atoms with Crippen molar-refractivity contribution >= 4 is 17.3 Å². The minimum absolute atomic E-state index is 0.132. The van der Waals surface area contributed by atoms with E-state index in [0.29, 0.717) is 5.56 Å². The smallest absolute Gasteiger partial charge is 0.293 e. The van der Waals surface area contributed by atoms with E-state index < -0.39 is 4.92 Å². The van der Waals surface area contributed by atoms with Crippen molar-refractivity contribution in [2.24, 2.45) is 0 Å². The van der Waals surface area contributed by atoms with E-state index in [1.54, 1.807) is 49.6 Å². The second kappa shape index (κ2) is 7.89. The summed E-state index contributed by atoms with van der Waals surface area (Å²) >= 11 is 0. The second-order valence-corrected chi connectivity index (χ2v) is 7.02. The predicted molar refractivity (Wildman–Crippen MR) is 110 cm³/mol. The number of ether oxygens (including phenoxy) is 1. The van der Waals surface area contributed by atoms with Crippen LogP contribution in [0.3, 0.4) is 0 Å². The molecule has 4 rings (SSSR count). The third kappa shape index (κ3) is 3.77. The monoisotopic (exact) mass is 391 g/mol. The van der Waals surface area contributed by atoms with Crippen molar-refractivity contribution in [3.8, 4) is 11.3 Å². The standard InChI is InChI=1S/C22H21N3O4/c1-29-18-11-12-24-17(14-18)8-10-20(24)16-7-9-19(21(13-16)25(27)28)23-22(26)15-5-3-2-4-6-15/h2-10,13,18H,11-12,14H2,1H3,(H,23,26). The van der Waals surface area contributed by atoms with Crippen molar-refractivity contribution in [1.29, 1.82) is 0 Å². The summed E-state index contributed by atoms with van der Waals surface area (Å²) in [6, 6.07) is 17.6. The average molecular weight is 391 g/mol. The van der Waals surface area contributed by atoms with Crippen molar-refractivity contribution in [2.45, 2.75) is 25.5 Å². The third-order valence-corrected chi connectivity index (χ3v) is 5.29. The van der Waals surface area contributed by atoms with Gasteiger partial charge < -0.3 is 14.6 Å². The fraction of sp³-hybridized carbons (Fsp3) is 0.227. The van der Waals surface area contributed by atoms with Crippen molar-refractivity contribution in [3.63, 3.8) is 0 Å². The minimum atomic E-state index is -0.467. The molecule has 3 aromatic rings. The van der Waals surface area contributed by atoms with Crippen LogP contribution in [0.5, 0.6) is 0 Å². The van der Waals surface area contributed by atoms with Gasteiger partial charge in [0.2, 0.25) is 0 Å². The molecule has 1 amide bonds. The molecule has 7 nitrogen and oxygen atoms in total. The lowest BCUT2D eigenvalue weighted by Gasteiger charge is -2.24.